The Bertz CT molecular complexity index is 498. The minimum atomic E-state index is -0.391. The summed E-state index contributed by atoms with van der Waals surface area (Å²) < 4.78 is 13.8. The zero-order chi connectivity index (χ0) is 15.4. The lowest BCUT2D eigenvalue weighted by Crippen LogP contribution is -2.45. The van der Waals surface area contributed by atoms with Gasteiger partial charge in [-0.25, -0.2) is 4.39 Å². The molecular weight excluding hydrogens is 269 g/mol. The highest BCUT2D eigenvalue weighted by molar-refractivity contribution is 5.99. The van der Waals surface area contributed by atoms with Crippen LogP contribution in [0.5, 0.6) is 0 Å². The number of hydrogen-bond acceptors (Lipinski definition) is 3. The van der Waals surface area contributed by atoms with Gasteiger partial charge in [0.25, 0.3) is 5.91 Å². The summed E-state index contributed by atoms with van der Waals surface area (Å²) in [7, 11) is 3.45. The second-order valence-corrected chi connectivity index (χ2v) is 5.49. The van der Waals surface area contributed by atoms with Crippen molar-refractivity contribution in [1.29, 1.82) is 0 Å². The van der Waals surface area contributed by atoms with Gasteiger partial charge in [0, 0.05) is 33.2 Å². The Morgan fingerprint density at radius 3 is 2.67 bits per heavy atom. The predicted molar refractivity (Wildman–Crippen MR) is 83.2 cm³/mol. The summed E-state index contributed by atoms with van der Waals surface area (Å²) in [5, 5.41) is 2.79. The molecule has 1 aliphatic heterocycles. The van der Waals surface area contributed by atoms with Crippen LogP contribution in [0.25, 0.3) is 0 Å². The van der Waals surface area contributed by atoms with Crippen LogP contribution in [0, 0.1) is 5.82 Å². The van der Waals surface area contributed by atoms with Gasteiger partial charge < -0.3 is 15.1 Å². The van der Waals surface area contributed by atoms with Gasteiger partial charge in [0.05, 0.1) is 11.3 Å². The number of likely N-dealkylation sites (tertiary alicyclic amines) is 1. The molecule has 0 spiro atoms. The molecule has 0 saturated carbocycles. The quantitative estimate of drug-likeness (QED) is 0.926. The first kappa shape index (κ1) is 15.8. The Labute approximate surface area is 125 Å². The molecule has 0 unspecified atom stereocenters. The molecule has 4 nitrogen and oxygen atoms in total. The number of amides is 1. The minimum Gasteiger partial charge on any atom is -0.385 e. The Balaban J connectivity index is 2.11. The maximum atomic E-state index is 13.8. The summed E-state index contributed by atoms with van der Waals surface area (Å²) >= 11 is 0. The molecular formula is C16H24FN3O. The third-order valence-corrected chi connectivity index (χ3v) is 4.37. The van der Waals surface area contributed by atoms with Crippen LogP contribution in [0.1, 0.15) is 30.1 Å². The van der Waals surface area contributed by atoms with Crippen LogP contribution in [0.4, 0.5) is 10.1 Å². The van der Waals surface area contributed by atoms with Crippen molar-refractivity contribution in [3.05, 3.63) is 29.6 Å². The topological polar surface area (TPSA) is 35.6 Å². The first-order valence-corrected chi connectivity index (χ1v) is 7.54. The smallest absolute Gasteiger partial charge is 0.256 e. The van der Waals surface area contributed by atoms with Gasteiger partial charge in [-0.1, -0.05) is 13.0 Å². The van der Waals surface area contributed by atoms with E-state index in [2.05, 4.69) is 17.1 Å². The molecule has 1 amide bonds. The molecule has 1 aliphatic rings. The van der Waals surface area contributed by atoms with E-state index >= 15 is 0 Å². The molecule has 21 heavy (non-hydrogen) atoms. The van der Waals surface area contributed by atoms with Crippen molar-refractivity contribution in [3.8, 4) is 0 Å². The summed E-state index contributed by atoms with van der Waals surface area (Å²) in [6.07, 6.45) is 1.95. The average Bonchev–Trinajstić information content (AvgIpc) is 2.53. The van der Waals surface area contributed by atoms with Gasteiger partial charge in [0.1, 0.15) is 5.82 Å². The first-order chi connectivity index (χ1) is 10.1. The molecule has 1 N–H and O–H groups in total. The number of carbonyl (C=O) groups excluding carboxylic acids is 1. The van der Waals surface area contributed by atoms with Crippen LogP contribution in [0.3, 0.4) is 0 Å². The van der Waals surface area contributed by atoms with E-state index in [4.69, 9.17) is 0 Å². The van der Waals surface area contributed by atoms with E-state index in [-0.39, 0.29) is 17.6 Å². The van der Waals surface area contributed by atoms with Gasteiger partial charge in [-0.3, -0.25) is 4.79 Å². The van der Waals surface area contributed by atoms with Gasteiger partial charge in [-0.15, -0.1) is 0 Å². The number of halogens is 1. The van der Waals surface area contributed by atoms with Crippen LogP contribution in [-0.2, 0) is 0 Å². The highest BCUT2D eigenvalue weighted by Crippen LogP contribution is 2.23. The molecule has 0 aliphatic carbocycles. The molecule has 0 aromatic heterocycles. The first-order valence-electron chi connectivity index (χ1n) is 7.54. The number of para-hydroxylation sites is 1. The molecule has 0 bridgehead atoms. The Kier molecular flexibility index (Phi) is 5.17. The van der Waals surface area contributed by atoms with E-state index in [0.717, 1.165) is 32.5 Å². The number of nitrogens with zero attached hydrogens (tertiary/aromatic N) is 2. The number of nitrogens with one attached hydrogen (secondary N) is 1. The van der Waals surface area contributed by atoms with E-state index in [1.165, 1.54) is 6.07 Å². The zero-order valence-electron chi connectivity index (χ0n) is 13.0. The van der Waals surface area contributed by atoms with Gasteiger partial charge in [-0.2, -0.15) is 0 Å². The van der Waals surface area contributed by atoms with E-state index < -0.39 is 5.82 Å². The number of anilines is 1. The SMILES string of the molecule is CCN1CCC(N(C)C(=O)c2cccc(F)c2NC)CC1. The van der Waals surface area contributed by atoms with E-state index in [9.17, 15) is 9.18 Å². The van der Waals surface area contributed by atoms with Crippen molar-refractivity contribution in [2.24, 2.45) is 0 Å². The van der Waals surface area contributed by atoms with Gasteiger partial charge in [0.2, 0.25) is 0 Å². The lowest BCUT2D eigenvalue weighted by atomic mass is 10.0. The summed E-state index contributed by atoms with van der Waals surface area (Å²) in [6, 6.07) is 4.85. The number of hydrogen-bond donors (Lipinski definition) is 1. The summed E-state index contributed by atoms with van der Waals surface area (Å²) in [4.78, 5) is 16.8. The van der Waals surface area contributed by atoms with Crippen LogP contribution in [0.2, 0.25) is 0 Å². The largest absolute Gasteiger partial charge is 0.385 e. The van der Waals surface area contributed by atoms with Crippen molar-refractivity contribution >= 4 is 11.6 Å². The van der Waals surface area contributed by atoms with Crippen molar-refractivity contribution in [1.82, 2.24) is 9.80 Å². The minimum absolute atomic E-state index is 0.117. The normalized spacial score (nSPS) is 16.8. The molecule has 0 radical (unpaired) electrons. The Hall–Kier alpha value is -1.62. The van der Waals surface area contributed by atoms with Crippen LogP contribution in [-0.4, -0.2) is 55.5 Å². The highest BCUT2D eigenvalue weighted by Gasteiger charge is 2.27. The van der Waals surface area contributed by atoms with Crippen LogP contribution < -0.4 is 5.32 Å². The van der Waals surface area contributed by atoms with Gasteiger partial charge >= 0.3 is 0 Å². The standard InChI is InChI=1S/C16H24FN3O/c1-4-20-10-8-12(9-11-20)19(3)16(21)13-6-5-7-14(17)15(13)18-2/h5-7,12,18H,4,8-11H2,1-3H3. The average molecular weight is 293 g/mol. The third-order valence-electron chi connectivity index (χ3n) is 4.37. The monoisotopic (exact) mass is 293 g/mol. The summed E-state index contributed by atoms with van der Waals surface area (Å²) in [5.41, 5.74) is 0.679. The fourth-order valence-electron chi connectivity index (χ4n) is 2.94. The molecule has 1 fully saturated rings. The molecule has 2 rings (SSSR count). The molecule has 1 aromatic rings. The highest BCUT2D eigenvalue weighted by atomic mass is 19.1. The lowest BCUT2D eigenvalue weighted by molar-refractivity contribution is 0.0647. The Morgan fingerprint density at radius 1 is 1.43 bits per heavy atom. The number of carbonyl (C=O) groups is 1. The van der Waals surface area contributed by atoms with Gasteiger partial charge in [0.15, 0.2) is 0 Å². The van der Waals surface area contributed by atoms with Gasteiger partial charge in [-0.05, 0) is 31.5 Å². The zero-order valence-corrected chi connectivity index (χ0v) is 13.0. The van der Waals surface area contributed by atoms with Crippen LogP contribution in [0.15, 0.2) is 18.2 Å². The van der Waals surface area contributed by atoms with Crippen molar-refractivity contribution in [2.75, 3.05) is 39.0 Å². The van der Waals surface area contributed by atoms with E-state index in [0.29, 0.717) is 5.56 Å². The molecule has 116 valence electrons. The number of rotatable bonds is 4. The molecule has 1 aromatic carbocycles. The van der Waals surface area contributed by atoms with Crippen molar-refractivity contribution < 1.29 is 9.18 Å². The second-order valence-electron chi connectivity index (χ2n) is 5.49. The molecule has 1 heterocycles. The number of benzene rings is 1. The lowest BCUT2D eigenvalue weighted by Gasteiger charge is -2.36. The van der Waals surface area contributed by atoms with Crippen LogP contribution >= 0.6 is 0 Å². The fourth-order valence-corrected chi connectivity index (χ4v) is 2.94. The molecule has 0 atom stereocenters. The Morgan fingerprint density at radius 2 is 2.10 bits per heavy atom. The molecule has 1 saturated heterocycles. The van der Waals surface area contributed by atoms with Crippen molar-refractivity contribution in [3.63, 3.8) is 0 Å². The predicted octanol–water partition coefficient (Wildman–Crippen LogP) is 2.42. The van der Waals surface area contributed by atoms with Crippen molar-refractivity contribution in [2.45, 2.75) is 25.8 Å². The molecule has 5 heteroatoms. The summed E-state index contributed by atoms with van der Waals surface area (Å²) in [6.45, 7) is 5.24. The second kappa shape index (κ2) is 6.89. The maximum Gasteiger partial charge on any atom is 0.256 e. The number of piperidine rings is 1. The summed E-state index contributed by atoms with van der Waals surface area (Å²) in [5.74, 6) is -0.508. The maximum absolute atomic E-state index is 13.8. The fraction of sp³-hybridized carbons (Fsp3) is 0.562. The van der Waals surface area contributed by atoms with E-state index in [1.54, 1.807) is 24.1 Å². The third kappa shape index (κ3) is 3.35. The van der Waals surface area contributed by atoms with E-state index in [1.807, 2.05) is 7.05 Å².